The molecule has 4 aromatic rings. The Morgan fingerprint density at radius 1 is 0.913 bits per heavy atom. The van der Waals surface area contributed by atoms with E-state index in [-0.39, 0.29) is 0 Å². The van der Waals surface area contributed by atoms with Gasteiger partial charge in [-0.1, -0.05) is 60.7 Å². The van der Waals surface area contributed by atoms with E-state index in [1.165, 1.54) is 5.56 Å². The van der Waals surface area contributed by atoms with E-state index >= 15 is 0 Å². The van der Waals surface area contributed by atoms with Gasteiger partial charge in [-0.05, 0) is 29.9 Å². The summed E-state index contributed by atoms with van der Waals surface area (Å²) in [6.45, 7) is 0. The van der Waals surface area contributed by atoms with Crippen LogP contribution in [0.25, 0.3) is 21.9 Å². The average molecular weight is 303 g/mol. The third-order valence-electron chi connectivity index (χ3n) is 4.13. The maximum Gasteiger partial charge on any atom is 0.224 e. The van der Waals surface area contributed by atoms with Crippen LogP contribution in [-0.2, 0) is 6.42 Å². The Hall–Kier alpha value is -2.65. The lowest BCUT2D eigenvalue weighted by molar-refractivity contribution is 0.137. The van der Waals surface area contributed by atoms with Crippen LogP contribution in [0.1, 0.15) is 24.0 Å². The van der Waals surface area contributed by atoms with Gasteiger partial charge in [-0.2, -0.15) is 0 Å². The van der Waals surface area contributed by atoms with Crippen LogP contribution in [0.3, 0.4) is 0 Å². The van der Waals surface area contributed by atoms with Gasteiger partial charge in [-0.3, -0.25) is 0 Å². The molecule has 1 atom stereocenters. The summed E-state index contributed by atoms with van der Waals surface area (Å²) in [6.07, 6.45) is 0.692. The number of fused-ring (bicyclic) bond motifs is 3. The zero-order valence-corrected chi connectivity index (χ0v) is 12.6. The number of aryl methyl sites for hydroxylation is 1. The van der Waals surface area contributed by atoms with Crippen molar-refractivity contribution in [2.24, 2.45) is 0 Å². The average Bonchev–Trinajstić information content (AvgIpc) is 3.05. The fourth-order valence-electron chi connectivity index (χ4n) is 2.89. The van der Waals surface area contributed by atoms with Gasteiger partial charge in [0.1, 0.15) is 11.6 Å². The molecule has 0 aliphatic carbocycles. The predicted molar refractivity (Wildman–Crippen MR) is 91.2 cm³/mol. The molecule has 3 aromatic carbocycles. The molecule has 3 heteroatoms. The maximum absolute atomic E-state index is 10.4. The van der Waals surface area contributed by atoms with Gasteiger partial charge in [0.25, 0.3) is 0 Å². The number of hydrogen-bond acceptors (Lipinski definition) is 3. The molecule has 0 aliphatic heterocycles. The first-order valence-corrected chi connectivity index (χ1v) is 7.81. The lowest BCUT2D eigenvalue weighted by Gasteiger charge is -2.06. The van der Waals surface area contributed by atoms with Crippen LogP contribution in [0.4, 0.5) is 0 Å². The molecular formula is C20H17NO2. The summed E-state index contributed by atoms with van der Waals surface area (Å²) in [6, 6.07) is 22.1. The minimum absolute atomic E-state index is 0.396. The van der Waals surface area contributed by atoms with Gasteiger partial charge in [0, 0.05) is 5.39 Å². The minimum atomic E-state index is -0.693. The number of hydrogen-bond donors (Lipinski definition) is 1. The second-order valence-electron chi connectivity index (χ2n) is 5.73. The summed E-state index contributed by atoms with van der Waals surface area (Å²) in [5.41, 5.74) is 2.74. The van der Waals surface area contributed by atoms with E-state index < -0.39 is 6.10 Å². The van der Waals surface area contributed by atoms with E-state index in [1.54, 1.807) is 0 Å². The lowest BCUT2D eigenvalue weighted by Crippen LogP contribution is -1.99. The van der Waals surface area contributed by atoms with Gasteiger partial charge in [0.2, 0.25) is 5.89 Å². The second kappa shape index (κ2) is 5.86. The molecule has 0 spiro atoms. The Morgan fingerprint density at radius 2 is 1.70 bits per heavy atom. The summed E-state index contributed by atoms with van der Waals surface area (Å²) in [7, 11) is 0. The van der Waals surface area contributed by atoms with Gasteiger partial charge in [0.05, 0.1) is 0 Å². The molecule has 0 saturated carbocycles. The normalized spacial score (nSPS) is 12.7. The first-order chi connectivity index (χ1) is 11.3. The van der Waals surface area contributed by atoms with Crippen molar-refractivity contribution in [2.75, 3.05) is 0 Å². The molecule has 1 N–H and O–H groups in total. The second-order valence-corrected chi connectivity index (χ2v) is 5.73. The van der Waals surface area contributed by atoms with Crippen LogP contribution in [0.2, 0.25) is 0 Å². The number of nitrogens with zero attached hydrogens (tertiary/aromatic N) is 1. The fourth-order valence-corrected chi connectivity index (χ4v) is 2.89. The monoisotopic (exact) mass is 303 g/mol. The molecule has 1 unspecified atom stereocenters. The van der Waals surface area contributed by atoms with E-state index in [0.717, 1.165) is 28.3 Å². The Kier molecular flexibility index (Phi) is 3.56. The molecule has 23 heavy (non-hydrogen) atoms. The standard InChI is InChI=1S/C20H17NO2/c22-17(12-10-14-6-2-1-3-7-14)20-21-19-16-9-5-4-8-15(16)11-13-18(19)23-20/h1-9,11,13,17,22H,10,12H2. The molecular weight excluding hydrogens is 286 g/mol. The van der Waals surface area contributed by atoms with Crippen molar-refractivity contribution in [1.29, 1.82) is 0 Å². The summed E-state index contributed by atoms with van der Waals surface area (Å²) in [4.78, 5) is 4.54. The molecule has 0 bridgehead atoms. The van der Waals surface area contributed by atoms with Crippen molar-refractivity contribution in [3.63, 3.8) is 0 Å². The largest absolute Gasteiger partial charge is 0.438 e. The molecule has 114 valence electrons. The molecule has 0 saturated heterocycles. The van der Waals surface area contributed by atoms with Gasteiger partial charge < -0.3 is 9.52 Å². The van der Waals surface area contributed by atoms with Crippen molar-refractivity contribution in [1.82, 2.24) is 4.98 Å². The molecule has 4 rings (SSSR count). The third-order valence-corrected chi connectivity index (χ3v) is 4.13. The topological polar surface area (TPSA) is 46.3 Å². The first-order valence-electron chi connectivity index (χ1n) is 7.81. The lowest BCUT2D eigenvalue weighted by atomic mass is 10.1. The van der Waals surface area contributed by atoms with Gasteiger partial charge in [-0.15, -0.1) is 0 Å². The Morgan fingerprint density at radius 3 is 2.57 bits per heavy atom. The van der Waals surface area contributed by atoms with Crippen molar-refractivity contribution < 1.29 is 9.52 Å². The smallest absolute Gasteiger partial charge is 0.224 e. The SMILES string of the molecule is OC(CCc1ccccc1)c1nc2c(ccc3ccccc32)o1. The molecule has 3 nitrogen and oxygen atoms in total. The van der Waals surface area contributed by atoms with E-state index in [0.29, 0.717) is 12.3 Å². The Bertz CT molecular complexity index is 944. The van der Waals surface area contributed by atoms with E-state index in [2.05, 4.69) is 23.2 Å². The summed E-state index contributed by atoms with van der Waals surface area (Å²) < 4.78 is 5.77. The van der Waals surface area contributed by atoms with Crippen molar-refractivity contribution in [3.05, 3.63) is 78.2 Å². The first kappa shape index (κ1) is 14.0. The minimum Gasteiger partial charge on any atom is -0.438 e. The van der Waals surface area contributed by atoms with Crippen LogP contribution in [0.5, 0.6) is 0 Å². The highest BCUT2D eigenvalue weighted by Gasteiger charge is 2.16. The number of aliphatic hydroxyl groups excluding tert-OH is 1. The Balaban J connectivity index is 1.62. The predicted octanol–water partition coefficient (Wildman–Crippen LogP) is 4.65. The number of oxazole rings is 1. The zero-order valence-electron chi connectivity index (χ0n) is 12.6. The van der Waals surface area contributed by atoms with Crippen molar-refractivity contribution >= 4 is 21.9 Å². The van der Waals surface area contributed by atoms with E-state index in [9.17, 15) is 5.11 Å². The molecule has 0 amide bonds. The van der Waals surface area contributed by atoms with Crippen LogP contribution >= 0.6 is 0 Å². The van der Waals surface area contributed by atoms with Crippen LogP contribution in [-0.4, -0.2) is 10.1 Å². The summed E-state index contributed by atoms with van der Waals surface area (Å²) in [5, 5.41) is 12.6. The van der Waals surface area contributed by atoms with Crippen LogP contribution in [0, 0.1) is 0 Å². The zero-order chi connectivity index (χ0) is 15.6. The number of rotatable bonds is 4. The van der Waals surface area contributed by atoms with E-state index in [1.807, 2.05) is 48.5 Å². The quantitative estimate of drug-likeness (QED) is 0.597. The number of aromatic nitrogens is 1. The fraction of sp³-hybridized carbons (Fsp3) is 0.150. The maximum atomic E-state index is 10.4. The molecule has 0 fully saturated rings. The molecule has 0 radical (unpaired) electrons. The highest BCUT2D eigenvalue weighted by molar-refractivity contribution is 6.03. The molecule has 1 heterocycles. The van der Waals surface area contributed by atoms with E-state index in [4.69, 9.17) is 4.42 Å². The summed E-state index contributed by atoms with van der Waals surface area (Å²) in [5.74, 6) is 0.396. The Labute approximate surface area is 134 Å². The molecule has 1 aromatic heterocycles. The van der Waals surface area contributed by atoms with Gasteiger partial charge >= 0.3 is 0 Å². The van der Waals surface area contributed by atoms with Gasteiger partial charge in [-0.25, -0.2) is 4.98 Å². The summed E-state index contributed by atoms with van der Waals surface area (Å²) >= 11 is 0. The molecule has 0 aliphatic rings. The van der Waals surface area contributed by atoms with Crippen molar-refractivity contribution in [2.45, 2.75) is 18.9 Å². The highest BCUT2D eigenvalue weighted by Crippen LogP contribution is 2.28. The van der Waals surface area contributed by atoms with Gasteiger partial charge in [0.15, 0.2) is 5.58 Å². The third kappa shape index (κ3) is 2.71. The van der Waals surface area contributed by atoms with Crippen LogP contribution < -0.4 is 0 Å². The number of aliphatic hydroxyl groups is 1. The highest BCUT2D eigenvalue weighted by atomic mass is 16.4. The number of benzene rings is 3. The van der Waals surface area contributed by atoms with Crippen molar-refractivity contribution in [3.8, 4) is 0 Å². The van der Waals surface area contributed by atoms with Crippen LogP contribution in [0.15, 0.2) is 71.1 Å².